The van der Waals surface area contributed by atoms with Crippen LogP contribution in [0.5, 0.6) is 17.2 Å². The highest BCUT2D eigenvalue weighted by atomic mass is 16.5. The summed E-state index contributed by atoms with van der Waals surface area (Å²) < 4.78 is 17.1. The number of nitrogens with zero attached hydrogens (tertiary/aromatic N) is 1. The second-order valence-electron chi connectivity index (χ2n) is 6.77. The highest BCUT2D eigenvalue weighted by Crippen LogP contribution is 2.21. The summed E-state index contributed by atoms with van der Waals surface area (Å²) in [5, 5.41) is 0. The summed E-state index contributed by atoms with van der Waals surface area (Å²) in [5.74, 6) is 2.61. The van der Waals surface area contributed by atoms with E-state index < -0.39 is 0 Å². The Morgan fingerprint density at radius 1 is 0.793 bits per heavy atom. The normalized spacial score (nSPS) is 11.9. The molecule has 0 spiro atoms. The van der Waals surface area contributed by atoms with Crippen molar-refractivity contribution in [3.05, 3.63) is 95.8 Å². The van der Waals surface area contributed by atoms with Gasteiger partial charge in [-0.1, -0.05) is 35.9 Å². The fourth-order valence-corrected chi connectivity index (χ4v) is 2.60. The van der Waals surface area contributed by atoms with Gasteiger partial charge in [0.2, 0.25) is 5.90 Å². The molecule has 0 unspecified atom stereocenters. The molecular weight excluding hydrogens is 362 g/mol. The van der Waals surface area contributed by atoms with E-state index in [2.05, 4.69) is 0 Å². The molecule has 4 nitrogen and oxygen atoms in total. The van der Waals surface area contributed by atoms with E-state index in [9.17, 15) is 0 Å². The minimum absolute atomic E-state index is 0.474. The summed E-state index contributed by atoms with van der Waals surface area (Å²) in [6.07, 6.45) is 1.64. The number of aliphatic imine (C=N–C) groups is 1. The van der Waals surface area contributed by atoms with E-state index in [-0.39, 0.29) is 0 Å². The minimum atomic E-state index is 0.474. The molecule has 0 aliphatic carbocycles. The van der Waals surface area contributed by atoms with Gasteiger partial charge in [-0.2, -0.15) is 0 Å². The van der Waals surface area contributed by atoms with Gasteiger partial charge in [0.05, 0.1) is 19.1 Å². The van der Waals surface area contributed by atoms with Gasteiger partial charge in [0.15, 0.2) is 0 Å². The lowest BCUT2D eigenvalue weighted by atomic mass is 10.2. The zero-order valence-electron chi connectivity index (χ0n) is 17.2. The molecule has 0 N–H and O–H groups in total. The molecule has 4 heteroatoms. The maximum Gasteiger partial charge on any atom is 0.225 e. The van der Waals surface area contributed by atoms with Crippen molar-refractivity contribution >= 4 is 11.6 Å². The van der Waals surface area contributed by atoms with Crippen LogP contribution >= 0.6 is 0 Å². The van der Waals surface area contributed by atoms with E-state index >= 15 is 0 Å². The highest BCUT2D eigenvalue weighted by Gasteiger charge is 2.08. The van der Waals surface area contributed by atoms with Crippen LogP contribution in [0, 0.1) is 13.8 Å². The first-order valence-electron chi connectivity index (χ1n) is 9.41. The Balaban J connectivity index is 1.88. The third kappa shape index (κ3) is 5.98. The molecule has 29 heavy (non-hydrogen) atoms. The van der Waals surface area contributed by atoms with Crippen LogP contribution in [0.3, 0.4) is 0 Å². The highest BCUT2D eigenvalue weighted by molar-refractivity contribution is 5.96. The lowest BCUT2D eigenvalue weighted by Gasteiger charge is -2.11. The van der Waals surface area contributed by atoms with Gasteiger partial charge in [-0.25, -0.2) is 4.99 Å². The number of hydrogen-bond donors (Lipinski definition) is 0. The largest absolute Gasteiger partial charge is 0.497 e. The second kappa shape index (κ2) is 9.60. The molecule has 0 heterocycles. The van der Waals surface area contributed by atoms with Gasteiger partial charge in [0.1, 0.15) is 17.2 Å². The Kier molecular flexibility index (Phi) is 6.69. The van der Waals surface area contributed by atoms with Gasteiger partial charge in [-0.3, -0.25) is 0 Å². The fraction of sp³-hybridized carbons (Fsp3) is 0.160. The van der Waals surface area contributed by atoms with Crippen molar-refractivity contribution < 1.29 is 14.2 Å². The van der Waals surface area contributed by atoms with E-state index in [0.717, 1.165) is 28.3 Å². The van der Waals surface area contributed by atoms with Crippen molar-refractivity contribution in [2.24, 2.45) is 4.99 Å². The monoisotopic (exact) mass is 387 g/mol. The van der Waals surface area contributed by atoms with E-state index in [0.29, 0.717) is 11.6 Å². The van der Waals surface area contributed by atoms with Crippen LogP contribution < -0.4 is 14.2 Å². The summed E-state index contributed by atoms with van der Waals surface area (Å²) in [6.45, 7) is 5.98. The van der Waals surface area contributed by atoms with Crippen LogP contribution in [0.1, 0.15) is 18.1 Å². The molecule has 0 fully saturated rings. The summed E-state index contributed by atoms with van der Waals surface area (Å²) >= 11 is 0. The van der Waals surface area contributed by atoms with Crippen LogP contribution in [-0.4, -0.2) is 13.0 Å². The van der Waals surface area contributed by atoms with Crippen molar-refractivity contribution in [1.82, 2.24) is 0 Å². The van der Waals surface area contributed by atoms with Crippen LogP contribution in [0.4, 0.5) is 5.69 Å². The van der Waals surface area contributed by atoms with Crippen molar-refractivity contribution in [2.45, 2.75) is 20.8 Å². The lowest BCUT2D eigenvalue weighted by molar-refractivity contribution is 0.408. The van der Waals surface area contributed by atoms with E-state index in [4.69, 9.17) is 19.2 Å². The number of ether oxygens (including phenoxy) is 3. The Bertz CT molecular complexity index is 1020. The number of hydrogen-bond acceptors (Lipinski definition) is 4. The molecule has 0 atom stereocenters. The predicted molar refractivity (Wildman–Crippen MR) is 117 cm³/mol. The van der Waals surface area contributed by atoms with E-state index in [1.807, 2.05) is 93.6 Å². The molecule has 0 aliphatic rings. The lowest BCUT2D eigenvalue weighted by Crippen LogP contribution is -2.11. The Morgan fingerprint density at radius 3 is 2.21 bits per heavy atom. The Morgan fingerprint density at radius 2 is 1.48 bits per heavy atom. The van der Waals surface area contributed by atoms with Crippen molar-refractivity contribution in [2.75, 3.05) is 7.11 Å². The van der Waals surface area contributed by atoms with Gasteiger partial charge in [-0.05, 0) is 62.7 Å². The number of methoxy groups -OCH3 is 1. The van der Waals surface area contributed by atoms with Gasteiger partial charge < -0.3 is 14.2 Å². The van der Waals surface area contributed by atoms with Crippen molar-refractivity contribution in [1.29, 1.82) is 0 Å². The van der Waals surface area contributed by atoms with Crippen LogP contribution in [0.15, 0.2) is 89.6 Å². The summed E-state index contributed by atoms with van der Waals surface area (Å²) in [4.78, 5) is 4.69. The topological polar surface area (TPSA) is 40.0 Å². The Labute approximate surface area is 172 Å². The number of aryl methyl sites for hydroxylation is 2. The van der Waals surface area contributed by atoms with Gasteiger partial charge in [0.25, 0.3) is 0 Å². The molecule has 0 saturated heterocycles. The molecule has 0 aromatic heterocycles. The van der Waals surface area contributed by atoms with Crippen LogP contribution in [0.2, 0.25) is 0 Å². The number of benzene rings is 3. The third-order valence-corrected chi connectivity index (χ3v) is 4.22. The first-order valence-corrected chi connectivity index (χ1v) is 9.41. The second-order valence-corrected chi connectivity index (χ2v) is 6.77. The zero-order chi connectivity index (χ0) is 20.6. The van der Waals surface area contributed by atoms with Crippen LogP contribution in [-0.2, 0) is 0 Å². The Hall–Kier alpha value is -3.53. The molecule has 148 valence electrons. The zero-order valence-corrected chi connectivity index (χ0v) is 17.2. The maximum atomic E-state index is 6.10. The van der Waals surface area contributed by atoms with Gasteiger partial charge in [-0.15, -0.1) is 0 Å². The molecule has 0 radical (unpaired) electrons. The van der Waals surface area contributed by atoms with E-state index in [1.165, 1.54) is 5.56 Å². The van der Waals surface area contributed by atoms with Crippen molar-refractivity contribution in [3.63, 3.8) is 0 Å². The summed E-state index contributed by atoms with van der Waals surface area (Å²) in [6, 6.07) is 23.3. The molecule has 0 bridgehead atoms. The molecule has 0 saturated carbocycles. The van der Waals surface area contributed by atoms with Crippen molar-refractivity contribution in [3.8, 4) is 17.2 Å². The quantitative estimate of drug-likeness (QED) is 0.279. The third-order valence-electron chi connectivity index (χ3n) is 4.22. The fourth-order valence-electron chi connectivity index (χ4n) is 2.60. The van der Waals surface area contributed by atoms with Gasteiger partial charge >= 0.3 is 0 Å². The summed E-state index contributed by atoms with van der Waals surface area (Å²) in [7, 11) is 1.63. The number of rotatable bonds is 6. The van der Waals surface area contributed by atoms with E-state index in [1.54, 1.807) is 13.4 Å². The maximum absolute atomic E-state index is 6.10. The molecular formula is C25H25NO3. The summed E-state index contributed by atoms with van der Waals surface area (Å²) in [5.41, 5.74) is 3.87. The molecule has 3 aromatic carbocycles. The van der Waals surface area contributed by atoms with Crippen LogP contribution in [0.25, 0.3) is 0 Å². The predicted octanol–water partition coefficient (Wildman–Crippen LogP) is 6.40. The standard InChI is InChI=1S/C25H25NO3/c1-18-11-13-21(14-12-18)26-25(29-24-10-5-7-19(2)15-24)20(3)17-28-23-9-6-8-22(16-23)27-4/h5-17H,1-4H3. The molecule has 0 aliphatic heterocycles. The smallest absolute Gasteiger partial charge is 0.225 e. The minimum Gasteiger partial charge on any atom is -0.497 e. The average molecular weight is 387 g/mol. The SMILES string of the molecule is COc1cccc(OC=C(C)C(=Nc2ccc(C)cc2)Oc2cccc(C)c2)c1. The molecule has 3 aromatic rings. The first kappa shape index (κ1) is 20.2. The average Bonchev–Trinajstić information content (AvgIpc) is 2.73. The molecule has 0 amide bonds. The molecule has 3 rings (SSSR count). The first-order chi connectivity index (χ1) is 14.0. The van der Waals surface area contributed by atoms with Gasteiger partial charge in [0, 0.05) is 11.6 Å².